The molecule has 0 bridgehead atoms. The van der Waals surface area contributed by atoms with E-state index in [2.05, 4.69) is 10.3 Å². The van der Waals surface area contributed by atoms with E-state index < -0.39 is 29.0 Å². The fourth-order valence-electron chi connectivity index (χ4n) is 5.95. The number of carbonyl (C=O) groups excluding carboxylic acids is 3. The number of carbonyl (C=O) groups is 3. The highest BCUT2D eigenvalue weighted by Crippen LogP contribution is 2.55. The number of ketones is 2. The van der Waals surface area contributed by atoms with E-state index in [1.165, 1.54) is 20.3 Å². The molecule has 1 amide bonds. The van der Waals surface area contributed by atoms with Crippen LogP contribution in [0.4, 0.5) is 0 Å². The molecule has 0 saturated heterocycles. The number of halogens is 1. The van der Waals surface area contributed by atoms with Crippen LogP contribution in [0.1, 0.15) is 47.4 Å². The van der Waals surface area contributed by atoms with Crippen LogP contribution in [0.3, 0.4) is 0 Å². The normalized spacial score (nSPS) is 23.2. The fourth-order valence-corrected chi connectivity index (χ4v) is 6.22. The predicted molar refractivity (Wildman–Crippen MR) is 148 cm³/mol. The SMILES string of the molecule is COc1cc(OC)c2c(c1Cl)O[C@@]1(C(=O)C3=C(C[C@H]1C)NC(=O)CC3c1ccc(OCc3nccn3C)cc1)C2=O. The molecule has 10 nitrogen and oxygen atoms in total. The van der Waals surface area contributed by atoms with Crippen molar-refractivity contribution in [2.45, 2.75) is 37.9 Å². The molecule has 2 aliphatic heterocycles. The Labute approximate surface area is 241 Å². The second-order valence-electron chi connectivity index (χ2n) is 10.4. The number of amides is 1. The zero-order valence-corrected chi connectivity index (χ0v) is 23.7. The van der Waals surface area contributed by atoms with Gasteiger partial charge in [-0.25, -0.2) is 4.98 Å². The molecule has 3 aliphatic rings. The highest BCUT2D eigenvalue weighted by Gasteiger charge is 2.63. The number of hydrogen-bond acceptors (Lipinski definition) is 8. The molecule has 1 spiro atoms. The van der Waals surface area contributed by atoms with Crippen molar-refractivity contribution in [1.82, 2.24) is 14.9 Å². The van der Waals surface area contributed by atoms with E-state index in [0.717, 1.165) is 11.4 Å². The van der Waals surface area contributed by atoms with Crippen molar-refractivity contribution in [3.05, 3.63) is 76.0 Å². The van der Waals surface area contributed by atoms with Crippen molar-refractivity contribution < 1.29 is 33.3 Å². The number of methoxy groups -OCH3 is 2. The van der Waals surface area contributed by atoms with Crippen molar-refractivity contribution >= 4 is 29.1 Å². The largest absolute Gasteiger partial charge is 0.496 e. The molecule has 0 fully saturated rings. The minimum absolute atomic E-state index is 0.0432. The van der Waals surface area contributed by atoms with E-state index in [1.54, 1.807) is 25.3 Å². The van der Waals surface area contributed by atoms with E-state index in [1.807, 2.05) is 29.9 Å². The molecule has 6 rings (SSSR count). The van der Waals surface area contributed by atoms with E-state index in [0.29, 0.717) is 23.6 Å². The van der Waals surface area contributed by atoms with Crippen molar-refractivity contribution in [3.63, 3.8) is 0 Å². The number of nitrogens with one attached hydrogen (secondary N) is 1. The van der Waals surface area contributed by atoms with Gasteiger partial charge in [0.15, 0.2) is 5.75 Å². The number of fused-ring (bicyclic) bond motifs is 1. The standard InChI is InChI=1S/C30H28ClN3O7/c1-15-11-19-24(28(36)30(15)29(37)25-20(38-3)13-21(39-4)26(31)27(25)41-30)18(12-23(35)33-19)16-5-7-17(8-6-16)40-14-22-32-9-10-34(22)2/h5-10,13,15,18H,11-12,14H2,1-4H3,(H,33,35)/t15-,18?,30+/m1/s1. The molecule has 1 aromatic heterocycles. The lowest BCUT2D eigenvalue weighted by molar-refractivity contribution is -0.131. The predicted octanol–water partition coefficient (Wildman–Crippen LogP) is 4.15. The van der Waals surface area contributed by atoms with Crippen LogP contribution in [-0.4, -0.2) is 46.8 Å². The molecule has 212 valence electrons. The van der Waals surface area contributed by atoms with Gasteiger partial charge in [-0.2, -0.15) is 0 Å². The van der Waals surface area contributed by atoms with Gasteiger partial charge in [-0.3, -0.25) is 14.4 Å². The van der Waals surface area contributed by atoms with Crippen LogP contribution >= 0.6 is 11.6 Å². The Morgan fingerprint density at radius 2 is 1.83 bits per heavy atom. The van der Waals surface area contributed by atoms with Crippen molar-refractivity contribution in [3.8, 4) is 23.0 Å². The maximum Gasteiger partial charge on any atom is 0.236 e. The summed E-state index contributed by atoms with van der Waals surface area (Å²) in [5.41, 5.74) is -0.140. The topological polar surface area (TPSA) is 118 Å². The summed E-state index contributed by atoms with van der Waals surface area (Å²) in [6.45, 7) is 2.05. The van der Waals surface area contributed by atoms with E-state index >= 15 is 0 Å². The number of hydrogen-bond donors (Lipinski definition) is 1. The first-order valence-corrected chi connectivity index (χ1v) is 13.5. The van der Waals surface area contributed by atoms with Crippen LogP contribution in [0.2, 0.25) is 5.02 Å². The maximum atomic E-state index is 14.5. The average molecular weight is 578 g/mol. The van der Waals surface area contributed by atoms with Gasteiger partial charge in [-0.15, -0.1) is 0 Å². The number of nitrogens with zero attached hydrogens (tertiary/aromatic N) is 2. The lowest BCUT2D eigenvalue weighted by atomic mass is 9.66. The first-order chi connectivity index (χ1) is 19.7. The Kier molecular flexibility index (Phi) is 6.53. The van der Waals surface area contributed by atoms with E-state index in [4.69, 9.17) is 30.5 Å². The van der Waals surface area contributed by atoms with Crippen molar-refractivity contribution in [2.24, 2.45) is 13.0 Å². The molecule has 0 saturated carbocycles. The molecular formula is C30H28ClN3O7. The second kappa shape index (κ2) is 9.95. The van der Waals surface area contributed by atoms with Gasteiger partial charge in [-0.05, 0) is 24.1 Å². The van der Waals surface area contributed by atoms with Crippen LogP contribution < -0.4 is 24.3 Å². The highest BCUT2D eigenvalue weighted by atomic mass is 35.5. The minimum Gasteiger partial charge on any atom is -0.496 e. The van der Waals surface area contributed by atoms with Gasteiger partial charge < -0.3 is 28.8 Å². The third-order valence-corrected chi connectivity index (χ3v) is 8.49. The summed E-state index contributed by atoms with van der Waals surface area (Å²) in [4.78, 5) is 45.6. The molecule has 2 aromatic carbocycles. The van der Waals surface area contributed by atoms with Crippen LogP contribution in [0.25, 0.3) is 0 Å². The Bertz CT molecular complexity index is 1630. The monoisotopic (exact) mass is 577 g/mol. The molecule has 1 unspecified atom stereocenters. The Morgan fingerprint density at radius 3 is 2.49 bits per heavy atom. The quantitative estimate of drug-likeness (QED) is 0.434. The van der Waals surface area contributed by atoms with Gasteiger partial charge in [0.25, 0.3) is 0 Å². The molecule has 0 radical (unpaired) electrons. The van der Waals surface area contributed by atoms with Crippen LogP contribution in [0.5, 0.6) is 23.0 Å². The van der Waals surface area contributed by atoms with Gasteiger partial charge in [0, 0.05) is 55.0 Å². The van der Waals surface area contributed by atoms with Crippen LogP contribution in [0.15, 0.2) is 54.0 Å². The Balaban J connectivity index is 1.35. The zero-order chi connectivity index (χ0) is 29.1. The number of rotatable bonds is 6. The van der Waals surface area contributed by atoms with Gasteiger partial charge in [0.1, 0.15) is 40.3 Å². The smallest absolute Gasteiger partial charge is 0.236 e. The number of aryl methyl sites for hydroxylation is 1. The summed E-state index contributed by atoms with van der Waals surface area (Å²) < 4.78 is 24.8. The summed E-state index contributed by atoms with van der Waals surface area (Å²) in [6.07, 6.45) is 3.84. The fraction of sp³-hybridized carbons (Fsp3) is 0.333. The van der Waals surface area contributed by atoms with Crippen LogP contribution in [0, 0.1) is 5.92 Å². The number of aromatic nitrogens is 2. The lowest BCUT2D eigenvalue weighted by Gasteiger charge is -2.41. The third kappa shape index (κ3) is 4.08. The first-order valence-electron chi connectivity index (χ1n) is 13.1. The molecule has 11 heteroatoms. The number of Topliss-reactive ketones (excluding diaryl/α,β-unsaturated/α-hetero) is 2. The van der Waals surface area contributed by atoms with E-state index in [-0.39, 0.29) is 46.6 Å². The molecule has 3 aromatic rings. The third-order valence-electron chi connectivity index (χ3n) is 8.13. The molecule has 3 atom stereocenters. The van der Waals surface area contributed by atoms with Gasteiger partial charge in [0.2, 0.25) is 23.1 Å². The van der Waals surface area contributed by atoms with E-state index in [9.17, 15) is 14.4 Å². The summed E-state index contributed by atoms with van der Waals surface area (Å²) in [7, 11) is 4.75. The molecule has 1 N–H and O–H groups in total. The summed E-state index contributed by atoms with van der Waals surface area (Å²) in [5.74, 6) is -0.473. The molecule has 41 heavy (non-hydrogen) atoms. The van der Waals surface area contributed by atoms with Crippen LogP contribution in [-0.2, 0) is 23.2 Å². The van der Waals surface area contributed by atoms with Gasteiger partial charge >= 0.3 is 0 Å². The number of benzene rings is 2. The number of imidazole rings is 1. The van der Waals surface area contributed by atoms with Crippen molar-refractivity contribution in [1.29, 1.82) is 0 Å². The number of ether oxygens (including phenoxy) is 4. The molecule has 1 aliphatic carbocycles. The van der Waals surface area contributed by atoms with Gasteiger partial charge in [-0.1, -0.05) is 30.7 Å². The second-order valence-corrected chi connectivity index (χ2v) is 10.8. The molecular weight excluding hydrogens is 550 g/mol. The summed E-state index contributed by atoms with van der Waals surface area (Å²) >= 11 is 6.55. The Morgan fingerprint density at radius 1 is 1.10 bits per heavy atom. The molecule has 3 heterocycles. The maximum absolute atomic E-state index is 14.5. The van der Waals surface area contributed by atoms with Crippen molar-refractivity contribution in [2.75, 3.05) is 14.2 Å². The summed E-state index contributed by atoms with van der Waals surface area (Å²) in [5, 5.41) is 2.96. The zero-order valence-electron chi connectivity index (χ0n) is 22.9. The lowest BCUT2D eigenvalue weighted by Crippen LogP contribution is -2.59. The number of allylic oxidation sites excluding steroid dienone is 1. The first kappa shape index (κ1) is 26.9. The summed E-state index contributed by atoms with van der Waals surface area (Å²) in [6, 6.07) is 8.75. The minimum atomic E-state index is -1.85. The Hall–Kier alpha value is -4.31. The van der Waals surface area contributed by atoms with Gasteiger partial charge in [0.05, 0.1) is 14.2 Å². The average Bonchev–Trinajstić information content (AvgIpc) is 3.52. The highest BCUT2D eigenvalue weighted by molar-refractivity contribution is 6.36.